The lowest BCUT2D eigenvalue weighted by Crippen LogP contribution is -2.27. The third-order valence-electron chi connectivity index (χ3n) is 3.61. The highest BCUT2D eigenvalue weighted by Gasteiger charge is 2.07. The van der Waals surface area contributed by atoms with Crippen molar-refractivity contribution < 1.29 is 4.79 Å². The second-order valence-corrected chi connectivity index (χ2v) is 5.57. The summed E-state index contributed by atoms with van der Waals surface area (Å²) in [6.07, 6.45) is 4.88. The molecule has 1 amide bonds. The maximum atomic E-state index is 11.7. The molecule has 21 heavy (non-hydrogen) atoms. The minimum atomic E-state index is 0. The highest BCUT2D eigenvalue weighted by molar-refractivity contribution is 5.85. The van der Waals surface area contributed by atoms with Crippen molar-refractivity contribution in [3.63, 3.8) is 0 Å². The topological polar surface area (TPSA) is 55.1 Å². The van der Waals surface area contributed by atoms with E-state index in [0.29, 0.717) is 18.9 Å². The molecule has 1 aromatic rings. The lowest BCUT2D eigenvalue weighted by Gasteiger charge is -2.13. The van der Waals surface area contributed by atoms with Crippen LogP contribution in [0.2, 0.25) is 0 Å². The molecule has 0 fully saturated rings. The Bertz CT molecular complexity index is 392. The van der Waals surface area contributed by atoms with E-state index in [1.54, 1.807) is 0 Å². The van der Waals surface area contributed by atoms with E-state index < -0.39 is 0 Å². The van der Waals surface area contributed by atoms with E-state index in [2.05, 4.69) is 43.4 Å². The number of hydrogen-bond donors (Lipinski definition) is 2. The molecule has 0 aliphatic carbocycles. The summed E-state index contributed by atoms with van der Waals surface area (Å²) < 4.78 is 0. The third-order valence-corrected chi connectivity index (χ3v) is 3.61. The predicted octanol–water partition coefficient (Wildman–Crippen LogP) is 3.55. The maximum Gasteiger partial charge on any atom is 0.220 e. The third kappa shape index (κ3) is 8.74. The van der Waals surface area contributed by atoms with Gasteiger partial charge in [-0.2, -0.15) is 0 Å². The molecule has 4 heteroatoms. The molecule has 3 N–H and O–H groups in total. The van der Waals surface area contributed by atoms with Crippen LogP contribution in [0.25, 0.3) is 0 Å². The van der Waals surface area contributed by atoms with Crippen LogP contribution >= 0.6 is 12.4 Å². The van der Waals surface area contributed by atoms with Crippen LogP contribution in [0.5, 0.6) is 0 Å². The van der Waals surface area contributed by atoms with Crippen molar-refractivity contribution in [3.8, 4) is 0 Å². The van der Waals surface area contributed by atoms with Gasteiger partial charge in [0.05, 0.1) is 0 Å². The van der Waals surface area contributed by atoms with Crippen molar-refractivity contribution in [3.05, 3.63) is 35.4 Å². The lowest BCUT2D eigenvalue weighted by molar-refractivity contribution is -0.121. The Morgan fingerprint density at radius 1 is 1.14 bits per heavy atom. The van der Waals surface area contributed by atoms with Crippen molar-refractivity contribution in [2.24, 2.45) is 5.73 Å². The standard InChI is InChI=1S/C17H28N2O.ClH/c1-14-8-10-16(11-9-14)15(2)13-19-17(20)7-5-3-4-6-12-18;/h8-11,15H,3-7,12-13,18H2,1-2H3,(H,19,20);1H. The summed E-state index contributed by atoms with van der Waals surface area (Å²) in [6.45, 7) is 5.69. The molecule has 0 aliphatic rings. The van der Waals surface area contributed by atoms with Gasteiger partial charge in [0, 0.05) is 13.0 Å². The number of aryl methyl sites for hydroxylation is 1. The molecule has 3 nitrogen and oxygen atoms in total. The molecule has 0 aromatic heterocycles. The fraction of sp³-hybridized carbons (Fsp3) is 0.588. The number of unbranched alkanes of at least 4 members (excludes halogenated alkanes) is 3. The first-order chi connectivity index (χ1) is 9.63. The monoisotopic (exact) mass is 312 g/mol. The number of amides is 1. The summed E-state index contributed by atoms with van der Waals surface area (Å²) >= 11 is 0. The summed E-state index contributed by atoms with van der Waals surface area (Å²) in [6, 6.07) is 8.51. The van der Waals surface area contributed by atoms with E-state index in [4.69, 9.17) is 5.73 Å². The molecule has 0 aliphatic heterocycles. The number of hydrogen-bond acceptors (Lipinski definition) is 2. The number of rotatable bonds is 9. The molecule has 0 saturated heterocycles. The minimum absolute atomic E-state index is 0. The molecule has 1 rings (SSSR count). The largest absolute Gasteiger partial charge is 0.356 e. The van der Waals surface area contributed by atoms with Crippen LogP contribution in [0.4, 0.5) is 0 Å². The zero-order valence-electron chi connectivity index (χ0n) is 13.2. The first kappa shape index (κ1) is 19.9. The number of nitrogens with one attached hydrogen (secondary N) is 1. The molecule has 0 heterocycles. The summed E-state index contributed by atoms with van der Waals surface area (Å²) in [7, 11) is 0. The van der Waals surface area contributed by atoms with Crippen LogP contribution in [-0.2, 0) is 4.79 Å². The number of carbonyl (C=O) groups excluding carboxylic acids is 1. The zero-order chi connectivity index (χ0) is 14.8. The van der Waals surface area contributed by atoms with Gasteiger partial charge in [-0.15, -0.1) is 12.4 Å². The van der Waals surface area contributed by atoms with Gasteiger partial charge in [-0.1, -0.05) is 49.6 Å². The summed E-state index contributed by atoms with van der Waals surface area (Å²) in [5.74, 6) is 0.522. The molecular formula is C17H29ClN2O. The van der Waals surface area contributed by atoms with Crippen molar-refractivity contribution >= 4 is 18.3 Å². The molecule has 120 valence electrons. The lowest BCUT2D eigenvalue weighted by atomic mass is 10.00. The van der Waals surface area contributed by atoms with E-state index in [0.717, 1.165) is 32.2 Å². The molecule has 0 spiro atoms. The van der Waals surface area contributed by atoms with Crippen molar-refractivity contribution in [1.82, 2.24) is 5.32 Å². The highest BCUT2D eigenvalue weighted by atomic mass is 35.5. The summed E-state index contributed by atoms with van der Waals surface area (Å²) in [4.78, 5) is 11.7. The Morgan fingerprint density at radius 3 is 2.38 bits per heavy atom. The van der Waals surface area contributed by atoms with Crippen LogP contribution in [0.1, 0.15) is 56.1 Å². The van der Waals surface area contributed by atoms with E-state index >= 15 is 0 Å². The van der Waals surface area contributed by atoms with Crippen molar-refractivity contribution in [2.45, 2.75) is 51.9 Å². The highest BCUT2D eigenvalue weighted by Crippen LogP contribution is 2.14. The Labute approximate surface area is 135 Å². The van der Waals surface area contributed by atoms with Gasteiger partial charge in [0.1, 0.15) is 0 Å². The summed E-state index contributed by atoms with van der Waals surface area (Å²) in [5.41, 5.74) is 7.98. The average Bonchev–Trinajstić information content (AvgIpc) is 2.45. The van der Waals surface area contributed by atoms with Crippen LogP contribution in [0.3, 0.4) is 0 Å². The number of carbonyl (C=O) groups is 1. The smallest absolute Gasteiger partial charge is 0.220 e. The van der Waals surface area contributed by atoms with E-state index in [1.807, 2.05) is 0 Å². The number of halogens is 1. The summed E-state index contributed by atoms with van der Waals surface area (Å²) in [5, 5.41) is 3.02. The van der Waals surface area contributed by atoms with E-state index in [1.165, 1.54) is 11.1 Å². The average molecular weight is 313 g/mol. The molecule has 1 unspecified atom stereocenters. The Kier molecular flexibility index (Phi) is 11.0. The first-order valence-electron chi connectivity index (χ1n) is 7.67. The fourth-order valence-corrected chi connectivity index (χ4v) is 2.15. The minimum Gasteiger partial charge on any atom is -0.356 e. The van der Waals surface area contributed by atoms with Gasteiger partial charge in [0.2, 0.25) is 5.91 Å². The molecular weight excluding hydrogens is 284 g/mol. The van der Waals surface area contributed by atoms with Gasteiger partial charge in [-0.3, -0.25) is 4.79 Å². The second kappa shape index (κ2) is 11.6. The molecule has 1 aromatic carbocycles. The number of benzene rings is 1. The maximum absolute atomic E-state index is 11.7. The Hall–Kier alpha value is -1.06. The van der Waals surface area contributed by atoms with Crippen LogP contribution in [0, 0.1) is 6.92 Å². The Balaban J connectivity index is 0.00000400. The van der Waals surface area contributed by atoms with Crippen LogP contribution < -0.4 is 11.1 Å². The fourth-order valence-electron chi connectivity index (χ4n) is 2.15. The van der Waals surface area contributed by atoms with Gasteiger partial charge in [-0.25, -0.2) is 0 Å². The predicted molar refractivity (Wildman–Crippen MR) is 92.0 cm³/mol. The van der Waals surface area contributed by atoms with Crippen molar-refractivity contribution in [2.75, 3.05) is 13.1 Å². The molecule has 0 bridgehead atoms. The molecule has 0 radical (unpaired) electrons. The SMILES string of the molecule is Cc1ccc(C(C)CNC(=O)CCCCCCN)cc1.Cl. The zero-order valence-corrected chi connectivity index (χ0v) is 14.0. The van der Waals surface area contributed by atoms with Gasteiger partial charge in [0.15, 0.2) is 0 Å². The van der Waals surface area contributed by atoms with Crippen LogP contribution in [0.15, 0.2) is 24.3 Å². The molecule has 0 saturated carbocycles. The van der Waals surface area contributed by atoms with Gasteiger partial charge < -0.3 is 11.1 Å². The van der Waals surface area contributed by atoms with E-state index in [9.17, 15) is 4.79 Å². The van der Waals surface area contributed by atoms with Gasteiger partial charge >= 0.3 is 0 Å². The normalized spacial score (nSPS) is 11.6. The second-order valence-electron chi connectivity index (χ2n) is 5.57. The first-order valence-corrected chi connectivity index (χ1v) is 7.67. The Morgan fingerprint density at radius 2 is 1.76 bits per heavy atom. The van der Waals surface area contributed by atoms with Crippen LogP contribution in [-0.4, -0.2) is 19.0 Å². The van der Waals surface area contributed by atoms with Gasteiger partial charge in [-0.05, 0) is 37.8 Å². The molecule has 1 atom stereocenters. The quantitative estimate of drug-likeness (QED) is 0.685. The van der Waals surface area contributed by atoms with E-state index in [-0.39, 0.29) is 18.3 Å². The number of nitrogens with two attached hydrogens (primary N) is 1. The van der Waals surface area contributed by atoms with Crippen molar-refractivity contribution in [1.29, 1.82) is 0 Å². The van der Waals surface area contributed by atoms with Gasteiger partial charge in [0.25, 0.3) is 0 Å².